The topological polar surface area (TPSA) is 69.6 Å². The summed E-state index contributed by atoms with van der Waals surface area (Å²) in [5.41, 5.74) is 0.546. The molecule has 1 aromatic rings. The van der Waals surface area contributed by atoms with E-state index >= 15 is 0 Å². The quantitative estimate of drug-likeness (QED) is 0.814. The van der Waals surface area contributed by atoms with Crippen LogP contribution in [0.15, 0.2) is 29.2 Å². The Kier molecular flexibility index (Phi) is 5.31. The molecule has 1 fully saturated rings. The minimum atomic E-state index is -3.60. The first-order valence-electron chi connectivity index (χ1n) is 6.61. The highest BCUT2D eigenvalue weighted by molar-refractivity contribution is 7.98. The highest BCUT2D eigenvalue weighted by Gasteiger charge is 2.31. The second-order valence-electron chi connectivity index (χ2n) is 4.78. The van der Waals surface area contributed by atoms with Gasteiger partial charge in [-0.05, 0) is 43.4 Å². The van der Waals surface area contributed by atoms with Gasteiger partial charge in [-0.3, -0.25) is 4.72 Å². The summed E-state index contributed by atoms with van der Waals surface area (Å²) in [5.74, 6) is 0. The molecule has 5 nitrogen and oxygen atoms in total. The Labute approximate surface area is 124 Å². The molecule has 1 heterocycles. The van der Waals surface area contributed by atoms with E-state index in [0.29, 0.717) is 18.7 Å². The van der Waals surface area contributed by atoms with Gasteiger partial charge in [-0.1, -0.05) is 6.42 Å². The van der Waals surface area contributed by atoms with Crippen molar-refractivity contribution in [1.82, 2.24) is 4.31 Å². The number of hydrogen-bond donors (Lipinski definition) is 2. The van der Waals surface area contributed by atoms with Crippen molar-refractivity contribution in [2.24, 2.45) is 0 Å². The first-order chi connectivity index (χ1) is 9.56. The summed E-state index contributed by atoms with van der Waals surface area (Å²) < 4.78 is 28.7. The van der Waals surface area contributed by atoms with Gasteiger partial charge in [0.05, 0.1) is 6.61 Å². The number of aliphatic hydroxyl groups is 1. The van der Waals surface area contributed by atoms with Crippen LogP contribution in [0.25, 0.3) is 0 Å². The number of aliphatic hydroxyl groups excluding tert-OH is 1. The molecule has 1 aromatic carbocycles. The van der Waals surface area contributed by atoms with E-state index in [9.17, 15) is 13.5 Å². The van der Waals surface area contributed by atoms with Gasteiger partial charge in [-0.2, -0.15) is 12.7 Å². The summed E-state index contributed by atoms with van der Waals surface area (Å²) in [4.78, 5) is 1.08. The smallest absolute Gasteiger partial charge is 0.301 e. The maximum Gasteiger partial charge on any atom is 0.301 e. The lowest BCUT2D eigenvalue weighted by atomic mass is 10.1. The Morgan fingerprint density at radius 2 is 2.05 bits per heavy atom. The number of piperidine rings is 1. The number of thioether (sulfide) groups is 1. The minimum absolute atomic E-state index is 0.133. The summed E-state index contributed by atoms with van der Waals surface area (Å²) in [7, 11) is -3.60. The zero-order valence-corrected chi connectivity index (χ0v) is 13.1. The van der Waals surface area contributed by atoms with Crippen molar-refractivity contribution in [3.8, 4) is 0 Å². The average molecular weight is 316 g/mol. The van der Waals surface area contributed by atoms with Crippen molar-refractivity contribution in [1.29, 1.82) is 0 Å². The number of nitrogens with one attached hydrogen (secondary N) is 1. The lowest BCUT2D eigenvalue weighted by molar-refractivity contribution is 0.156. The van der Waals surface area contributed by atoms with Gasteiger partial charge in [0.1, 0.15) is 0 Å². The van der Waals surface area contributed by atoms with Gasteiger partial charge in [0.15, 0.2) is 0 Å². The normalized spacial score (nSPS) is 20.8. The van der Waals surface area contributed by atoms with Crippen LogP contribution in [-0.2, 0) is 10.2 Å². The van der Waals surface area contributed by atoms with Gasteiger partial charge in [0.2, 0.25) is 0 Å². The van der Waals surface area contributed by atoms with Crippen LogP contribution in [0.1, 0.15) is 19.3 Å². The molecule has 0 bridgehead atoms. The summed E-state index contributed by atoms with van der Waals surface area (Å²) in [5, 5.41) is 9.32. The van der Waals surface area contributed by atoms with Gasteiger partial charge in [0.25, 0.3) is 0 Å². The number of anilines is 1. The van der Waals surface area contributed by atoms with Crippen molar-refractivity contribution < 1.29 is 13.5 Å². The van der Waals surface area contributed by atoms with Crippen molar-refractivity contribution in [2.45, 2.75) is 30.2 Å². The van der Waals surface area contributed by atoms with Crippen LogP contribution in [0.5, 0.6) is 0 Å². The van der Waals surface area contributed by atoms with Crippen molar-refractivity contribution >= 4 is 27.7 Å². The zero-order valence-electron chi connectivity index (χ0n) is 11.4. The summed E-state index contributed by atoms with van der Waals surface area (Å²) in [6.07, 6.45) is 4.48. The van der Waals surface area contributed by atoms with Gasteiger partial charge >= 0.3 is 10.2 Å². The number of rotatable bonds is 5. The Hall–Kier alpha value is -0.760. The Balaban J connectivity index is 2.12. The van der Waals surface area contributed by atoms with Crippen molar-refractivity contribution in [2.75, 3.05) is 24.1 Å². The maximum absolute atomic E-state index is 12.4. The van der Waals surface area contributed by atoms with Crippen LogP contribution in [0.3, 0.4) is 0 Å². The molecular formula is C13H20N2O3S2. The fraction of sp³-hybridized carbons (Fsp3) is 0.538. The van der Waals surface area contributed by atoms with Crippen LogP contribution >= 0.6 is 11.8 Å². The Morgan fingerprint density at radius 3 is 2.65 bits per heavy atom. The van der Waals surface area contributed by atoms with E-state index < -0.39 is 10.2 Å². The second kappa shape index (κ2) is 6.80. The van der Waals surface area contributed by atoms with E-state index in [4.69, 9.17) is 0 Å². The summed E-state index contributed by atoms with van der Waals surface area (Å²) in [6, 6.07) is 6.94. The van der Waals surface area contributed by atoms with Crippen LogP contribution < -0.4 is 4.72 Å². The van der Waals surface area contributed by atoms with Gasteiger partial charge in [0, 0.05) is 23.2 Å². The lowest BCUT2D eigenvalue weighted by Crippen LogP contribution is -2.47. The van der Waals surface area contributed by atoms with Crippen LogP contribution in [0.2, 0.25) is 0 Å². The molecule has 1 unspecified atom stereocenters. The fourth-order valence-corrected chi connectivity index (χ4v) is 4.23. The molecule has 112 valence electrons. The highest BCUT2D eigenvalue weighted by Crippen LogP contribution is 2.23. The molecule has 1 aliphatic rings. The van der Waals surface area contributed by atoms with Crippen LogP contribution in [0.4, 0.5) is 5.69 Å². The molecule has 1 aliphatic heterocycles. The average Bonchev–Trinajstić information content (AvgIpc) is 2.47. The van der Waals surface area contributed by atoms with E-state index in [-0.39, 0.29) is 12.6 Å². The van der Waals surface area contributed by atoms with E-state index in [1.54, 1.807) is 23.9 Å². The molecule has 0 saturated carbocycles. The lowest BCUT2D eigenvalue weighted by Gasteiger charge is -2.33. The fourth-order valence-electron chi connectivity index (χ4n) is 2.34. The van der Waals surface area contributed by atoms with Crippen LogP contribution in [0, 0.1) is 0 Å². The van der Waals surface area contributed by atoms with E-state index in [1.807, 2.05) is 18.4 Å². The first kappa shape index (κ1) is 15.6. The molecule has 1 atom stereocenters. The molecular weight excluding hydrogens is 296 g/mol. The van der Waals surface area contributed by atoms with E-state index in [1.165, 1.54) is 4.31 Å². The maximum atomic E-state index is 12.4. The molecule has 7 heteroatoms. The molecule has 2 N–H and O–H groups in total. The van der Waals surface area contributed by atoms with E-state index in [2.05, 4.69) is 4.72 Å². The van der Waals surface area contributed by atoms with Gasteiger partial charge in [-0.25, -0.2) is 0 Å². The molecule has 0 aliphatic carbocycles. The van der Waals surface area contributed by atoms with E-state index in [0.717, 1.165) is 17.7 Å². The molecule has 1 saturated heterocycles. The molecule has 0 amide bonds. The zero-order chi connectivity index (χ0) is 14.6. The predicted molar refractivity (Wildman–Crippen MR) is 82.2 cm³/mol. The molecule has 20 heavy (non-hydrogen) atoms. The Morgan fingerprint density at radius 1 is 1.35 bits per heavy atom. The van der Waals surface area contributed by atoms with Crippen molar-refractivity contribution in [3.63, 3.8) is 0 Å². The molecule has 2 rings (SSSR count). The third-order valence-electron chi connectivity index (χ3n) is 3.43. The molecule has 0 aromatic heterocycles. The predicted octanol–water partition coefficient (Wildman–Crippen LogP) is 1.91. The summed E-state index contributed by atoms with van der Waals surface area (Å²) in [6.45, 7) is 0.329. The SMILES string of the molecule is CSc1ccc(NS(=O)(=O)N2CCCCC2CO)cc1. The van der Waals surface area contributed by atoms with Crippen molar-refractivity contribution in [3.05, 3.63) is 24.3 Å². The third-order valence-corrected chi connectivity index (χ3v) is 5.76. The van der Waals surface area contributed by atoms with Gasteiger partial charge in [-0.15, -0.1) is 11.8 Å². The second-order valence-corrected chi connectivity index (χ2v) is 7.28. The largest absolute Gasteiger partial charge is 0.395 e. The molecule has 0 spiro atoms. The standard InChI is InChI=1S/C13H20N2O3S2/c1-19-13-7-5-11(6-8-13)14-20(17,18)15-9-3-2-4-12(15)10-16/h5-8,12,14,16H,2-4,9-10H2,1H3. The number of hydrogen-bond acceptors (Lipinski definition) is 4. The monoisotopic (exact) mass is 316 g/mol. The minimum Gasteiger partial charge on any atom is -0.395 e. The van der Waals surface area contributed by atoms with Gasteiger partial charge < -0.3 is 5.11 Å². The number of nitrogens with zero attached hydrogens (tertiary/aromatic N) is 1. The first-order valence-corrected chi connectivity index (χ1v) is 9.28. The number of benzene rings is 1. The Bertz CT molecular complexity index is 531. The molecule has 0 radical (unpaired) electrons. The van der Waals surface area contributed by atoms with Crippen LogP contribution in [-0.4, -0.2) is 43.3 Å². The highest BCUT2D eigenvalue weighted by atomic mass is 32.2. The third kappa shape index (κ3) is 3.66. The summed E-state index contributed by atoms with van der Waals surface area (Å²) >= 11 is 1.61.